The van der Waals surface area contributed by atoms with Crippen LogP contribution in [0.2, 0.25) is 0 Å². The Morgan fingerprint density at radius 2 is 2.06 bits per heavy atom. The minimum Gasteiger partial charge on any atom is -0.360 e. The number of hydrogen-bond donors (Lipinski definition) is 1. The lowest BCUT2D eigenvalue weighted by molar-refractivity contribution is -0.137. The van der Waals surface area contributed by atoms with Gasteiger partial charge in [-0.3, -0.25) is 4.79 Å². The Balaban J connectivity index is 1.77. The molecule has 1 N–H and O–H groups in total. The van der Waals surface area contributed by atoms with Crippen molar-refractivity contribution in [1.82, 2.24) is 14.8 Å². The number of carbonyl (C=O) groups is 1. The van der Waals surface area contributed by atoms with E-state index in [1.54, 1.807) is 0 Å². The minimum absolute atomic E-state index is 0.0107. The summed E-state index contributed by atoms with van der Waals surface area (Å²) >= 11 is 0. The van der Waals surface area contributed by atoms with Crippen LogP contribution in [0.25, 0.3) is 0 Å². The SMILES string of the molecule is CCCCC(CC)CNC(=O)c1noc2c1CN(S(=O)(=O)c1cccc(C(F)(F)F)c1)CC2. The normalized spacial score (nSPS) is 15.8. The lowest BCUT2D eigenvalue weighted by atomic mass is 9.99. The lowest BCUT2D eigenvalue weighted by Gasteiger charge is -2.25. The molecule has 1 aromatic carbocycles. The van der Waals surface area contributed by atoms with Crippen LogP contribution >= 0.6 is 0 Å². The third-order valence-corrected chi connectivity index (χ3v) is 7.74. The number of rotatable bonds is 9. The molecule has 0 saturated carbocycles. The number of halogens is 3. The van der Waals surface area contributed by atoms with Gasteiger partial charge < -0.3 is 9.84 Å². The van der Waals surface area contributed by atoms with Crippen LogP contribution in [-0.2, 0) is 29.2 Å². The molecule has 0 bridgehead atoms. The molecule has 2 heterocycles. The van der Waals surface area contributed by atoms with Gasteiger partial charge in [0.15, 0.2) is 5.69 Å². The van der Waals surface area contributed by atoms with Crippen LogP contribution in [0.5, 0.6) is 0 Å². The van der Waals surface area contributed by atoms with Crippen LogP contribution in [0.3, 0.4) is 0 Å². The Kier molecular flexibility index (Phi) is 7.84. The zero-order valence-electron chi connectivity index (χ0n) is 18.6. The van der Waals surface area contributed by atoms with Crippen molar-refractivity contribution < 1.29 is 30.9 Å². The van der Waals surface area contributed by atoms with Gasteiger partial charge in [-0.25, -0.2) is 8.42 Å². The van der Waals surface area contributed by atoms with Gasteiger partial charge in [0.2, 0.25) is 10.0 Å². The maximum atomic E-state index is 13.0. The highest BCUT2D eigenvalue weighted by Gasteiger charge is 2.36. The van der Waals surface area contributed by atoms with E-state index in [9.17, 15) is 26.4 Å². The van der Waals surface area contributed by atoms with E-state index in [2.05, 4.69) is 24.3 Å². The van der Waals surface area contributed by atoms with Crippen LogP contribution in [0.4, 0.5) is 13.2 Å². The number of alkyl halides is 3. The van der Waals surface area contributed by atoms with Crippen molar-refractivity contribution in [3.8, 4) is 0 Å². The molecule has 0 spiro atoms. The minimum atomic E-state index is -4.66. The molecule has 11 heteroatoms. The third-order valence-electron chi connectivity index (χ3n) is 5.90. The van der Waals surface area contributed by atoms with Gasteiger partial charge in [0.05, 0.1) is 10.5 Å². The second-order valence-electron chi connectivity index (χ2n) is 8.17. The summed E-state index contributed by atoms with van der Waals surface area (Å²) in [6.07, 6.45) is -0.448. The van der Waals surface area contributed by atoms with Gasteiger partial charge in [0, 0.05) is 31.6 Å². The van der Waals surface area contributed by atoms with Gasteiger partial charge in [-0.15, -0.1) is 0 Å². The fourth-order valence-corrected chi connectivity index (χ4v) is 5.27. The number of hydrogen-bond acceptors (Lipinski definition) is 5. The largest absolute Gasteiger partial charge is 0.416 e. The first-order valence-electron chi connectivity index (χ1n) is 11.0. The van der Waals surface area contributed by atoms with E-state index >= 15 is 0 Å². The van der Waals surface area contributed by atoms with E-state index in [0.29, 0.717) is 29.9 Å². The molecule has 0 radical (unpaired) electrons. The molecule has 3 rings (SSSR count). The van der Waals surface area contributed by atoms with E-state index in [1.807, 2.05) is 0 Å². The second kappa shape index (κ2) is 10.3. The van der Waals surface area contributed by atoms with Crippen molar-refractivity contribution in [2.45, 2.75) is 63.6 Å². The van der Waals surface area contributed by atoms with E-state index < -0.39 is 32.6 Å². The van der Waals surface area contributed by atoms with Gasteiger partial charge in [0.25, 0.3) is 5.91 Å². The van der Waals surface area contributed by atoms with E-state index in [1.165, 1.54) is 0 Å². The predicted octanol–water partition coefficient (Wildman–Crippen LogP) is 4.39. The molecule has 0 saturated heterocycles. The quantitative estimate of drug-likeness (QED) is 0.567. The maximum Gasteiger partial charge on any atom is 0.416 e. The number of nitrogens with zero attached hydrogens (tertiary/aromatic N) is 2. The lowest BCUT2D eigenvalue weighted by Crippen LogP contribution is -2.37. The summed E-state index contributed by atoms with van der Waals surface area (Å²) in [4.78, 5) is 12.3. The summed E-state index contributed by atoms with van der Waals surface area (Å²) in [7, 11) is -4.22. The van der Waals surface area contributed by atoms with Gasteiger partial charge in [-0.05, 0) is 30.5 Å². The Labute approximate surface area is 191 Å². The molecule has 182 valence electrons. The van der Waals surface area contributed by atoms with Crippen molar-refractivity contribution in [3.05, 3.63) is 46.8 Å². The zero-order chi connectivity index (χ0) is 24.2. The van der Waals surface area contributed by atoms with Crippen molar-refractivity contribution in [3.63, 3.8) is 0 Å². The second-order valence-corrected chi connectivity index (χ2v) is 10.1. The Morgan fingerprint density at radius 3 is 2.73 bits per heavy atom. The van der Waals surface area contributed by atoms with Crippen LogP contribution in [0, 0.1) is 5.92 Å². The number of carbonyl (C=O) groups excluding carboxylic acids is 1. The van der Waals surface area contributed by atoms with Gasteiger partial charge in [-0.2, -0.15) is 17.5 Å². The molecule has 7 nitrogen and oxygen atoms in total. The summed E-state index contributed by atoms with van der Waals surface area (Å²) in [5, 5.41) is 6.69. The van der Waals surface area contributed by atoms with Gasteiger partial charge in [0.1, 0.15) is 5.76 Å². The smallest absolute Gasteiger partial charge is 0.360 e. The van der Waals surface area contributed by atoms with Crippen LogP contribution in [-0.4, -0.2) is 36.9 Å². The number of benzene rings is 1. The first-order chi connectivity index (χ1) is 15.6. The van der Waals surface area contributed by atoms with Crippen LogP contribution in [0.1, 0.15) is 66.9 Å². The Hall–Kier alpha value is -2.40. The van der Waals surface area contributed by atoms with E-state index in [0.717, 1.165) is 48.2 Å². The predicted molar refractivity (Wildman–Crippen MR) is 115 cm³/mol. The molecule has 1 amide bonds. The molecule has 33 heavy (non-hydrogen) atoms. The monoisotopic (exact) mass is 487 g/mol. The molecule has 1 unspecified atom stereocenters. The molecular weight excluding hydrogens is 459 g/mol. The Bertz CT molecular complexity index is 1080. The number of aromatic nitrogens is 1. The van der Waals surface area contributed by atoms with Crippen molar-refractivity contribution in [2.24, 2.45) is 5.92 Å². The van der Waals surface area contributed by atoms with Crippen molar-refractivity contribution in [2.75, 3.05) is 13.1 Å². The summed E-state index contributed by atoms with van der Waals surface area (Å²) < 4.78 is 71.5. The summed E-state index contributed by atoms with van der Waals surface area (Å²) in [6.45, 7) is 4.44. The summed E-state index contributed by atoms with van der Waals surface area (Å²) in [6, 6.07) is 3.63. The molecule has 0 fully saturated rings. The molecule has 2 aromatic rings. The van der Waals surface area contributed by atoms with Crippen LogP contribution in [0.15, 0.2) is 33.7 Å². The highest BCUT2D eigenvalue weighted by molar-refractivity contribution is 7.89. The maximum absolute atomic E-state index is 13.0. The van der Waals surface area contributed by atoms with Gasteiger partial charge in [-0.1, -0.05) is 44.3 Å². The molecular formula is C22H28F3N3O4S. The first-order valence-corrected chi connectivity index (χ1v) is 12.4. The molecule has 1 aliphatic heterocycles. The standard InChI is InChI=1S/C22H28F3N3O4S/c1-3-5-7-15(4-2)13-26-21(29)20-18-14-28(11-10-19(18)32-27-20)33(30,31)17-9-6-8-16(12-17)22(23,24)25/h6,8-9,12,15H,3-5,7,10-11,13-14H2,1-2H3,(H,26,29). The summed E-state index contributed by atoms with van der Waals surface area (Å²) in [5.41, 5.74) is -0.685. The molecule has 1 aliphatic rings. The first kappa shape index (κ1) is 25.2. The molecule has 1 aromatic heterocycles. The van der Waals surface area contributed by atoms with E-state index in [4.69, 9.17) is 4.52 Å². The fraction of sp³-hybridized carbons (Fsp3) is 0.545. The average molecular weight is 488 g/mol. The van der Waals surface area contributed by atoms with E-state index in [-0.39, 0.29) is 25.2 Å². The number of sulfonamides is 1. The number of nitrogens with one attached hydrogen (secondary N) is 1. The number of amides is 1. The third kappa shape index (κ3) is 5.75. The Morgan fingerprint density at radius 1 is 1.30 bits per heavy atom. The molecule has 0 aliphatic carbocycles. The zero-order valence-corrected chi connectivity index (χ0v) is 19.4. The fourth-order valence-electron chi connectivity index (χ4n) is 3.81. The van der Waals surface area contributed by atoms with Crippen LogP contribution < -0.4 is 5.32 Å². The average Bonchev–Trinajstić information content (AvgIpc) is 3.22. The summed E-state index contributed by atoms with van der Waals surface area (Å²) in [5.74, 6) is 0.288. The van der Waals surface area contributed by atoms with Gasteiger partial charge >= 0.3 is 6.18 Å². The van der Waals surface area contributed by atoms with Crippen molar-refractivity contribution >= 4 is 15.9 Å². The molecule has 1 atom stereocenters. The number of fused-ring (bicyclic) bond motifs is 1. The number of unbranched alkanes of at least 4 members (excludes halogenated alkanes) is 1. The topological polar surface area (TPSA) is 92.5 Å². The van der Waals surface area contributed by atoms with Crippen molar-refractivity contribution in [1.29, 1.82) is 0 Å². The highest BCUT2D eigenvalue weighted by Crippen LogP contribution is 2.32. The highest BCUT2D eigenvalue weighted by atomic mass is 32.2.